The van der Waals surface area contributed by atoms with E-state index in [9.17, 15) is 9.59 Å². The quantitative estimate of drug-likeness (QED) is 0.786. The predicted molar refractivity (Wildman–Crippen MR) is 105 cm³/mol. The Kier molecular flexibility index (Phi) is 5.09. The second-order valence-corrected chi connectivity index (χ2v) is 11.8. The van der Waals surface area contributed by atoms with Gasteiger partial charge in [0.2, 0.25) is 14.1 Å². The predicted octanol–water partition coefficient (Wildman–Crippen LogP) is 4.00. The van der Waals surface area contributed by atoms with Gasteiger partial charge in [-0.3, -0.25) is 9.59 Å². The number of hydrogen-bond donors (Lipinski definition) is 1. The first-order valence-corrected chi connectivity index (χ1v) is 12.2. The topological polar surface area (TPSA) is 55.4 Å². The number of carbonyl (C=O) groups is 2. The fourth-order valence-electron chi connectivity index (χ4n) is 2.87. The Balaban J connectivity index is 1.59. The second kappa shape index (κ2) is 7.29. The molecule has 4 nitrogen and oxygen atoms in total. The molecule has 1 aliphatic rings. The van der Waals surface area contributed by atoms with Crippen molar-refractivity contribution in [1.82, 2.24) is 5.32 Å². The standard InChI is InChI=1S/C21H23NO3Si/c1-26(2,3)25-16-10-8-15(9-11-16)12-13-22-19-14-20(23)17-6-4-5-7-18(17)21(19)24/h4-11,14,22H,12-13H2,1-3H3. The maximum atomic E-state index is 12.5. The van der Waals surface area contributed by atoms with Crippen LogP contribution in [0.4, 0.5) is 0 Å². The van der Waals surface area contributed by atoms with Crippen LogP contribution in [-0.4, -0.2) is 26.4 Å². The molecule has 0 unspecified atom stereocenters. The Morgan fingerprint density at radius 1 is 0.923 bits per heavy atom. The van der Waals surface area contributed by atoms with E-state index < -0.39 is 8.32 Å². The summed E-state index contributed by atoms with van der Waals surface area (Å²) < 4.78 is 5.95. The lowest BCUT2D eigenvalue weighted by Crippen LogP contribution is -2.29. The Morgan fingerprint density at radius 3 is 2.23 bits per heavy atom. The molecule has 134 valence electrons. The van der Waals surface area contributed by atoms with Crippen LogP contribution in [-0.2, 0) is 6.42 Å². The van der Waals surface area contributed by atoms with Gasteiger partial charge in [-0.25, -0.2) is 0 Å². The lowest BCUT2D eigenvalue weighted by atomic mass is 9.92. The SMILES string of the molecule is C[Si](C)(C)Oc1ccc(CCNC2=CC(=O)c3ccccc3C2=O)cc1. The van der Waals surface area contributed by atoms with Gasteiger partial charge in [0.25, 0.3) is 0 Å². The summed E-state index contributed by atoms with van der Waals surface area (Å²) in [7, 11) is -1.60. The first kappa shape index (κ1) is 18.1. The molecular formula is C21H23NO3Si. The number of ketones is 2. The summed E-state index contributed by atoms with van der Waals surface area (Å²) in [4.78, 5) is 24.6. The third-order valence-corrected chi connectivity index (χ3v) is 4.88. The number of benzene rings is 2. The van der Waals surface area contributed by atoms with Crippen molar-refractivity contribution in [2.24, 2.45) is 0 Å². The van der Waals surface area contributed by atoms with Crippen LogP contribution in [0.15, 0.2) is 60.3 Å². The minimum absolute atomic E-state index is 0.126. The Labute approximate surface area is 155 Å². The third kappa shape index (κ3) is 4.29. The minimum atomic E-state index is -1.60. The molecule has 26 heavy (non-hydrogen) atoms. The minimum Gasteiger partial charge on any atom is -0.544 e. The molecule has 0 saturated heterocycles. The van der Waals surface area contributed by atoms with E-state index in [1.165, 1.54) is 6.08 Å². The van der Waals surface area contributed by atoms with Crippen molar-refractivity contribution in [1.29, 1.82) is 0 Å². The van der Waals surface area contributed by atoms with E-state index in [2.05, 4.69) is 25.0 Å². The van der Waals surface area contributed by atoms with Crippen molar-refractivity contribution in [2.75, 3.05) is 6.54 Å². The third-order valence-electron chi connectivity index (χ3n) is 4.03. The number of nitrogens with one attached hydrogen (secondary N) is 1. The lowest BCUT2D eigenvalue weighted by Gasteiger charge is -2.19. The maximum Gasteiger partial charge on any atom is 0.242 e. The molecule has 0 fully saturated rings. The highest BCUT2D eigenvalue weighted by Gasteiger charge is 2.24. The Bertz CT molecular complexity index is 864. The number of carbonyl (C=O) groups excluding carboxylic acids is 2. The van der Waals surface area contributed by atoms with E-state index in [1.54, 1.807) is 24.3 Å². The summed E-state index contributed by atoms with van der Waals surface area (Å²) >= 11 is 0. The van der Waals surface area contributed by atoms with Gasteiger partial charge in [-0.2, -0.15) is 0 Å². The van der Waals surface area contributed by atoms with Crippen LogP contribution in [0.3, 0.4) is 0 Å². The summed E-state index contributed by atoms with van der Waals surface area (Å²) in [5.74, 6) is 0.642. The number of rotatable bonds is 6. The van der Waals surface area contributed by atoms with Crippen molar-refractivity contribution in [3.63, 3.8) is 0 Å². The average molecular weight is 366 g/mol. The molecule has 0 spiro atoms. The van der Waals surface area contributed by atoms with Crippen LogP contribution in [0, 0.1) is 0 Å². The van der Waals surface area contributed by atoms with Gasteiger partial charge >= 0.3 is 0 Å². The van der Waals surface area contributed by atoms with Gasteiger partial charge < -0.3 is 9.74 Å². The molecule has 0 saturated carbocycles. The van der Waals surface area contributed by atoms with E-state index in [0.717, 1.165) is 17.7 Å². The van der Waals surface area contributed by atoms with Gasteiger partial charge in [0, 0.05) is 23.7 Å². The zero-order valence-corrected chi connectivity index (χ0v) is 16.3. The molecule has 0 aromatic heterocycles. The molecule has 5 heteroatoms. The van der Waals surface area contributed by atoms with E-state index >= 15 is 0 Å². The molecule has 1 N–H and O–H groups in total. The molecule has 0 heterocycles. The fraction of sp³-hybridized carbons (Fsp3) is 0.238. The van der Waals surface area contributed by atoms with Crippen LogP contribution in [0.25, 0.3) is 0 Å². The number of fused-ring (bicyclic) bond motifs is 1. The molecule has 3 rings (SSSR count). The number of Topliss-reactive ketones (excluding diaryl/α,β-unsaturated/α-hetero) is 1. The molecule has 0 amide bonds. The van der Waals surface area contributed by atoms with E-state index in [0.29, 0.717) is 23.4 Å². The van der Waals surface area contributed by atoms with Crippen LogP contribution in [0.2, 0.25) is 19.6 Å². The van der Waals surface area contributed by atoms with Crippen molar-refractivity contribution < 1.29 is 14.0 Å². The lowest BCUT2D eigenvalue weighted by molar-refractivity contribution is 0.0978. The molecular weight excluding hydrogens is 342 g/mol. The van der Waals surface area contributed by atoms with Crippen molar-refractivity contribution >= 4 is 19.9 Å². The van der Waals surface area contributed by atoms with Crippen molar-refractivity contribution in [3.05, 3.63) is 77.0 Å². The highest BCUT2D eigenvalue weighted by molar-refractivity contribution is 6.70. The highest BCUT2D eigenvalue weighted by atomic mass is 28.4. The zero-order valence-electron chi connectivity index (χ0n) is 15.3. The van der Waals surface area contributed by atoms with Gasteiger partial charge in [0.05, 0.1) is 5.70 Å². The molecule has 1 aliphatic carbocycles. The summed E-state index contributed by atoms with van der Waals surface area (Å²) in [5, 5.41) is 3.11. The van der Waals surface area contributed by atoms with E-state index in [-0.39, 0.29) is 11.6 Å². The molecule has 0 atom stereocenters. The molecule has 0 radical (unpaired) electrons. The van der Waals surface area contributed by atoms with Gasteiger partial charge in [-0.05, 0) is 43.8 Å². The van der Waals surface area contributed by atoms with Gasteiger partial charge in [0.15, 0.2) is 5.78 Å². The second-order valence-electron chi connectivity index (χ2n) is 7.33. The van der Waals surface area contributed by atoms with E-state index in [1.807, 2.05) is 24.3 Å². The summed E-state index contributed by atoms with van der Waals surface area (Å²) in [6.45, 7) is 7.04. The summed E-state index contributed by atoms with van der Waals surface area (Å²) in [6.07, 6.45) is 2.16. The normalized spacial score (nSPS) is 13.9. The van der Waals surface area contributed by atoms with Crippen LogP contribution >= 0.6 is 0 Å². The molecule has 2 aromatic carbocycles. The smallest absolute Gasteiger partial charge is 0.242 e. The first-order valence-electron chi connectivity index (χ1n) is 8.75. The van der Waals surface area contributed by atoms with Crippen LogP contribution in [0.1, 0.15) is 26.3 Å². The van der Waals surface area contributed by atoms with Gasteiger partial charge in [-0.15, -0.1) is 0 Å². The molecule has 0 aliphatic heterocycles. The van der Waals surface area contributed by atoms with Gasteiger partial charge in [0.1, 0.15) is 5.75 Å². The Hall–Kier alpha value is -2.66. The number of allylic oxidation sites excluding steroid dienone is 2. The van der Waals surface area contributed by atoms with Gasteiger partial charge in [-0.1, -0.05) is 36.4 Å². The maximum absolute atomic E-state index is 12.5. The average Bonchev–Trinajstić information content (AvgIpc) is 2.59. The van der Waals surface area contributed by atoms with Crippen molar-refractivity contribution in [2.45, 2.75) is 26.1 Å². The van der Waals surface area contributed by atoms with Crippen LogP contribution in [0.5, 0.6) is 5.75 Å². The van der Waals surface area contributed by atoms with Crippen LogP contribution < -0.4 is 9.74 Å². The summed E-state index contributed by atoms with van der Waals surface area (Å²) in [5.41, 5.74) is 2.46. The fourth-order valence-corrected chi connectivity index (χ4v) is 3.71. The molecule has 0 bridgehead atoms. The zero-order chi connectivity index (χ0) is 18.7. The molecule has 2 aromatic rings. The highest BCUT2D eigenvalue weighted by Crippen LogP contribution is 2.20. The Morgan fingerprint density at radius 2 is 1.58 bits per heavy atom. The van der Waals surface area contributed by atoms with E-state index in [4.69, 9.17) is 4.43 Å². The van der Waals surface area contributed by atoms with Crippen molar-refractivity contribution in [3.8, 4) is 5.75 Å². The number of hydrogen-bond acceptors (Lipinski definition) is 4. The first-order chi connectivity index (χ1) is 12.3. The summed E-state index contributed by atoms with van der Waals surface area (Å²) in [6, 6.07) is 15.0. The largest absolute Gasteiger partial charge is 0.544 e. The monoisotopic (exact) mass is 365 g/mol.